The van der Waals surface area contributed by atoms with Crippen molar-refractivity contribution in [2.45, 2.75) is 22.6 Å². The molecule has 1 aliphatic rings. The lowest BCUT2D eigenvalue weighted by Crippen LogP contribution is -2.35. The van der Waals surface area contributed by atoms with Gasteiger partial charge in [0.05, 0.1) is 24.8 Å². The molecule has 1 aliphatic heterocycles. The van der Waals surface area contributed by atoms with E-state index in [2.05, 4.69) is 4.72 Å². The number of nitrogens with zero attached hydrogens (tertiary/aromatic N) is 1. The minimum Gasteiger partial charge on any atom is -0.497 e. The third-order valence-electron chi connectivity index (χ3n) is 5.40. The summed E-state index contributed by atoms with van der Waals surface area (Å²) in [6.07, 6.45) is 1.26. The molecule has 1 N–H and O–H groups in total. The third kappa shape index (κ3) is 4.49. The van der Waals surface area contributed by atoms with Gasteiger partial charge in [-0.05, 0) is 60.9 Å². The number of hydrogen-bond donors (Lipinski definition) is 1. The fourth-order valence-electron chi connectivity index (χ4n) is 3.80. The van der Waals surface area contributed by atoms with Crippen LogP contribution in [0.15, 0.2) is 76.5 Å². The Morgan fingerprint density at radius 2 is 1.64 bits per heavy atom. The van der Waals surface area contributed by atoms with Gasteiger partial charge >= 0.3 is 0 Å². The average Bonchev–Trinajstić information content (AvgIpc) is 2.83. The van der Waals surface area contributed by atoms with Crippen LogP contribution in [-0.4, -0.2) is 37.6 Å². The van der Waals surface area contributed by atoms with E-state index in [-0.39, 0.29) is 15.5 Å². The zero-order valence-corrected chi connectivity index (χ0v) is 19.8. The van der Waals surface area contributed by atoms with E-state index in [0.29, 0.717) is 36.5 Å². The van der Waals surface area contributed by atoms with Gasteiger partial charge in [-0.3, -0.25) is 9.03 Å². The number of sulfonamides is 2. The molecule has 0 spiro atoms. The van der Waals surface area contributed by atoms with Crippen LogP contribution in [0.1, 0.15) is 12.0 Å². The van der Waals surface area contributed by atoms with Crippen LogP contribution in [0, 0.1) is 0 Å². The lowest BCUT2D eigenvalue weighted by atomic mass is 10.0. The topological polar surface area (TPSA) is 102 Å². The molecule has 0 bridgehead atoms. The number of methoxy groups -OCH3 is 2. The molecule has 3 aromatic carbocycles. The van der Waals surface area contributed by atoms with Gasteiger partial charge in [0.15, 0.2) is 0 Å². The van der Waals surface area contributed by atoms with Gasteiger partial charge in [-0.15, -0.1) is 0 Å². The molecule has 1 heterocycles. The summed E-state index contributed by atoms with van der Waals surface area (Å²) in [5.41, 5.74) is 1.63. The van der Waals surface area contributed by atoms with Gasteiger partial charge in [0.25, 0.3) is 20.0 Å². The minimum atomic E-state index is -3.99. The Morgan fingerprint density at radius 3 is 2.33 bits per heavy atom. The smallest absolute Gasteiger partial charge is 0.265 e. The first kappa shape index (κ1) is 22.9. The van der Waals surface area contributed by atoms with Crippen LogP contribution in [0.4, 0.5) is 11.4 Å². The number of nitrogens with one attached hydrogen (secondary N) is 1. The Hall–Kier alpha value is -3.24. The predicted molar refractivity (Wildman–Crippen MR) is 126 cm³/mol. The van der Waals surface area contributed by atoms with Crippen molar-refractivity contribution in [1.82, 2.24) is 0 Å². The number of ether oxygens (including phenoxy) is 2. The Morgan fingerprint density at radius 1 is 0.879 bits per heavy atom. The van der Waals surface area contributed by atoms with Crippen molar-refractivity contribution in [3.63, 3.8) is 0 Å². The number of rotatable bonds is 7. The highest BCUT2D eigenvalue weighted by Crippen LogP contribution is 2.35. The van der Waals surface area contributed by atoms with Crippen LogP contribution < -0.4 is 18.5 Å². The van der Waals surface area contributed by atoms with Crippen molar-refractivity contribution in [2.24, 2.45) is 0 Å². The second-order valence-electron chi connectivity index (χ2n) is 7.46. The Labute approximate surface area is 193 Å². The van der Waals surface area contributed by atoms with E-state index >= 15 is 0 Å². The van der Waals surface area contributed by atoms with Crippen LogP contribution in [0.3, 0.4) is 0 Å². The van der Waals surface area contributed by atoms with E-state index in [1.807, 2.05) is 0 Å². The van der Waals surface area contributed by atoms with Gasteiger partial charge in [-0.25, -0.2) is 16.8 Å². The fourth-order valence-corrected chi connectivity index (χ4v) is 6.60. The average molecular weight is 489 g/mol. The van der Waals surface area contributed by atoms with E-state index in [1.165, 1.54) is 30.7 Å². The van der Waals surface area contributed by atoms with Crippen LogP contribution in [0.2, 0.25) is 0 Å². The highest BCUT2D eigenvalue weighted by Gasteiger charge is 2.29. The molecule has 0 saturated heterocycles. The maximum atomic E-state index is 13.2. The summed E-state index contributed by atoms with van der Waals surface area (Å²) in [5.74, 6) is 0.560. The molecular formula is C23H24N2O6S2. The first-order chi connectivity index (χ1) is 15.8. The Kier molecular flexibility index (Phi) is 6.22. The normalized spacial score (nSPS) is 13.8. The molecule has 33 heavy (non-hydrogen) atoms. The van der Waals surface area contributed by atoms with Gasteiger partial charge in [-0.1, -0.05) is 18.2 Å². The molecule has 0 amide bonds. The second-order valence-corrected chi connectivity index (χ2v) is 11.0. The third-order valence-corrected chi connectivity index (χ3v) is 8.63. The molecule has 4 rings (SSSR count). The van der Waals surface area contributed by atoms with E-state index in [1.54, 1.807) is 54.6 Å². The maximum Gasteiger partial charge on any atom is 0.265 e. The number of anilines is 2. The van der Waals surface area contributed by atoms with Crippen molar-refractivity contribution >= 4 is 31.4 Å². The summed E-state index contributed by atoms with van der Waals surface area (Å²) < 4.78 is 66.8. The van der Waals surface area contributed by atoms with Crippen LogP contribution in [-0.2, 0) is 26.5 Å². The monoisotopic (exact) mass is 488 g/mol. The van der Waals surface area contributed by atoms with Crippen LogP contribution in [0.5, 0.6) is 11.5 Å². The first-order valence-corrected chi connectivity index (χ1v) is 13.1. The van der Waals surface area contributed by atoms with Crippen molar-refractivity contribution < 1.29 is 26.3 Å². The molecule has 0 saturated carbocycles. The first-order valence-electron chi connectivity index (χ1n) is 10.2. The molecule has 0 fully saturated rings. The largest absolute Gasteiger partial charge is 0.497 e. The summed E-state index contributed by atoms with van der Waals surface area (Å²) in [4.78, 5) is 0.156. The van der Waals surface area contributed by atoms with Gasteiger partial charge < -0.3 is 9.47 Å². The second kappa shape index (κ2) is 8.95. The van der Waals surface area contributed by atoms with Crippen molar-refractivity contribution in [2.75, 3.05) is 29.8 Å². The predicted octanol–water partition coefficient (Wildman–Crippen LogP) is 3.65. The zero-order valence-electron chi connectivity index (χ0n) is 18.2. The molecular weight excluding hydrogens is 464 g/mol. The number of hydrogen-bond acceptors (Lipinski definition) is 6. The van der Waals surface area contributed by atoms with E-state index in [4.69, 9.17) is 9.47 Å². The van der Waals surface area contributed by atoms with Gasteiger partial charge in [0, 0.05) is 18.3 Å². The summed E-state index contributed by atoms with van der Waals surface area (Å²) in [6, 6.07) is 17.6. The Bertz CT molecular complexity index is 1370. The van der Waals surface area contributed by atoms with Crippen LogP contribution in [0.25, 0.3) is 0 Å². The highest BCUT2D eigenvalue weighted by molar-refractivity contribution is 7.93. The summed E-state index contributed by atoms with van der Waals surface area (Å²) in [6.45, 7) is 0.357. The van der Waals surface area contributed by atoms with E-state index in [9.17, 15) is 16.8 Å². The lowest BCUT2D eigenvalue weighted by Gasteiger charge is -2.31. The highest BCUT2D eigenvalue weighted by atomic mass is 32.2. The zero-order chi connectivity index (χ0) is 23.6. The van der Waals surface area contributed by atoms with Gasteiger partial charge in [-0.2, -0.15) is 0 Å². The molecule has 8 nitrogen and oxygen atoms in total. The number of benzene rings is 3. The molecule has 0 atom stereocenters. The van der Waals surface area contributed by atoms with Crippen molar-refractivity contribution in [3.05, 3.63) is 72.3 Å². The Balaban J connectivity index is 1.67. The molecule has 174 valence electrons. The molecule has 3 aromatic rings. The van der Waals surface area contributed by atoms with E-state index in [0.717, 1.165) is 5.56 Å². The molecule has 0 unspecified atom stereocenters. The summed E-state index contributed by atoms with van der Waals surface area (Å²) >= 11 is 0. The summed E-state index contributed by atoms with van der Waals surface area (Å²) in [7, 11) is -4.87. The summed E-state index contributed by atoms with van der Waals surface area (Å²) in [5, 5.41) is 0. The number of aryl methyl sites for hydroxylation is 1. The molecule has 10 heteroatoms. The lowest BCUT2D eigenvalue weighted by molar-refractivity contribution is 0.392. The molecule has 0 radical (unpaired) electrons. The van der Waals surface area contributed by atoms with Crippen molar-refractivity contribution in [3.8, 4) is 11.5 Å². The van der Waals surface area contributed by atoms with Crippen molar-refractivity contribution in [1.29, 1.82) is 0 Å². The quantitative estimate of drug-likeness (QED) is 0.545. The van der Waals surface area contributed by atoms with E-state index < -0.39 is 20.0 Å². The standard InChI is InChI=1S/C23H24N2O6S2/c1-30-19-11-13-22(31-2)23(16-19)32(26,27)24-18-10-12-21-17(15-18)7-6-14-25(21)33(28,29)20-8-4-3-5-9-20/h3-5,8-13,15-16,24H,6-7,14H2,1-2H3. The maximum absolute atomic E-state index is 13.2. The minimum absolute atomic E-state index is 0.0599. The SMILES string of the molecule is COc1ccc(OC)c(S(=O)(=O)Nc2ccc3c(c2)CCCN3S(=O)(=O)c2ccccc2)c1. The van der Waals surface area contributed by atoms with Crippen LogP contribution >= 0.6 is 0 Å². The van der Waals surface area contributed by atoms with Gasteiger partial charge in [0.1, 0.15) is 16.4 Å². The molecule has 0 aromatic heterocycles. The number of fused-ring (bicyclic) bond motifs is 1. The molecule has 0 aliphatic carbocycles. The van der Waals surface area contributed by atoms with Gasteiger partial charge in [0.2, 0.25) is 0 Å². The fraction of sp³-hybridized carbons (Fsp3) is 0.217.